The van der Waals surface area contributed by atoms with E-state index in [2.05, 4.69) is 15.5 Å². The molecule has 1 amide bonds. The molecule has 2 heterocycles. The summed E-state index contributed by atoms with van der Waals surface area (Å²) >= 11 is 7.34. The molecule has 0 saturated carbocycles. The minimum absolute atomic E-state index is 0.204. The number of carbonyl (C=O) groups is 1. The van der Waals surface area contributed by atoms with Gasteiger partial charge in [0.1, 0.15) is 0 Å². The summed E-state index contributed by atoms with van der Waals surface area (Å²) in [7, 11) is 0. The maximum atomic E-state index is 12.4. The Morgan fingerprint density at radius 3 is 2.77 bits per heavy atom. The summed E-state index contributed by atoms with van der Waals surface area (Å²) in [6.45, 7) is 4.08. The normalized spacial score (nSPS) is 11.0. The van der Waals surface area contributed by atoms with E-state index in [1.165, 1.54) is 16.9 Å². The second kappa shape index (κ2) is 6.55. The zero-order chi connectivity index (χ0) is 18.3. The molecule has 0 saturated heterocycles. The van der Waals surface area contributed by atoms with Crippen LogP contribution in [-0.2, 0) is 0 Å². The van der Waals surface area contributed by atoms with Gasteiger partial charge in [-0.1, -0.05) is 40.2 Å². The number of rotatable bonds is 3. The van der Waals surface area contributed by atoms with E-state index in [0.717, 1.165) is 21.3 Å². The molecule has 0 aliphatic heterocycles. The Hall–Kier alpha value is -2.70. The molecule has 26 heavy (non-hydrogen) atoms. The average molecular weight is 384 g/mol. The van der Waals surface area contributed by atoms with Crippen LogP contribution in [0, 0.1) is 13.8 Å². The second-order valence-corrected chi connectivity index (χ2v) is 7.43. The van der Waals surface area contributed by atoms with Gasteiger partial charge in [0, 0.05) is 16.7 Å². The zero-order valence-electron chi connectivity index (χ0n) is 14.0. The van der Waals surface area contributed by atoms with Crippen LogP contribution in [0.5, 0.6) is 0 Å². The Morgan fingerprint density at radius 1 is 1.12 bits per heavy atom. The number of fused-ring (bicyclic) bond motifs is 1. The first kappa shape index (κ1) is 16.8. The quantitative estimate of drug-likeness (QED) is 0.509. The second-order valence-electron chi connectivity index (χ2n) is 5.96. The molecular weight excluding hydrogens is 370 g/mol. The Morgan fingerprint density at radius 2 is 1.96 bits per heavy atom. The first-order valence-electron chi connectivity index (χ1n) is 7.91. The monoisotopic (exact) mass is 383 g/mol. The molecule has 0 fully saturated rings. The van der Waals surface area contributed by atoms with E-state index in [1.54, 1.807) is 12.1 Å². The number of thiazole rings is 1. The van der Waals surface area contributed by atoms with Gasteiger partial charge in [-0.05, 0) is 49.2 Å². The molecule has 0 radical (unpaired) electrons. The van der Waals surface area contributed by atoms with Crippen molar-refractivity contribution >= 4 is 44.2 Å². The van der Waals surface area contributed by atoms with Crippen molar-refractivity contribution in [3.63, 3.8) is 0 Å². The van der Waals surface area contributed by atoms with Gasteiger partial charge in [0.05, 0.1) is 10.2 Å². The first-order valence-corrected chi connectivity index (χ1v) is 9.11. The van der Waals surface area contributed by atoms with Crippen molar-refractivity contribution in [1.82, 2.24) is 10.1 Å². The molecular formula is C19H14ClN3O2S. The molecule has 7 heteroatoms. The van der Waals surface area contributed by atoms with Crippen LogP contribution < -0.4 is 5.32 Å². The topological polar surface area (TPSA) is 68.0 Å². The van der Waals surface area contributed by atoms with Crippen molar-refractivity contribution in [2.45, 2.75) is 13.8 Å². The maximum Gasteiger partial charge on any atom is 0.279 e. The number of amides is 1. The minimum atomic E-state index is -0.367. The Bertz CT molecular complexity index is 1130. The Balaban J connectivity index is 1.56. The number of benzene rings is 2. The third kappa shape index (κ3) is 3.21. The van der Waals surface area contributed by atoms with E-state index in [9.17, 15) is 4.79 Å². The summed E-state index contributed by atoms with van der Waals surface area (Å²) in [5, 5.41) is 7.75. The van der Waals surface area contributed by atoms with Crippen LogP contribution in [-0.4, -0.2) is 16.0 Å². The summed E-state index contributed by atoms with van der Waals surface area (Å²) in [5.41, 5.74) is 4.22. The number of hydrogen-bond donors (Lipinski definition) is 1. The van der Waals surface area contributed by atoms with Gasteiger partial charge in [0.15, 0.2) is 16.6 Å². The van der Waals surface area contributed by atoms with Gasteiger partial charge in [-0.25, -0.2) is 4.98 Å². The number of hydrogen-bond acceptors (Lipinski definition) is 5. The predicted molar refractivity (Wildman–Crippen MR) is 104 cm³/mol. The van der Waals surface area contributed by atoms with Crippen molar-refractivity contribution < 1.29 is 9.32 Å². The van der Waals surface area contributed by atoms with Gasteiger partial charge in [0.25, 0.3) is 5.91 Å². The van der Waals surface area contributed by atoms with Crippen molar-refractivity contribution in [1.29, 1.82) is 0 Å². The summed E-state index contributed by atoms with van der Waals surface area (Å²) < 4.78 is 6.24. The molecule has 2 aromatic heterocycles. The Labute approximate surface area is 158 Å². The van der Waals surface area contributed by atoms with E-state index in [-0.39, 0.29) is 11.6 Å². The first-order chi connectivity index (χ1) is 12.5. The predicted octanol–water partition coefficient (Wildman–Crippen LogP) is 5.47. The summed E-state index contributed by atoms with van der Waals surface area (Å²) in [6.07, 6.45) is 0. The van der Waals surface area contributed by atoms with Gasteiger partial charge in [-0.2, -0.15) is 0 Å². The van der Waals surface area contributed by atoms with Crippen LogP contribution in [0.3, 0.4) is 0 Å². The van der Waals surface area contributed by atoms with Crippen molar-refractivity contribution in [2.75, 3.05) is 5.32 Å². The lowest BCUT2D eigenvalue weighted by molar-refractivity contribution is 0.101. The lowest BCUT2D eigenvalue weighted by Crippen LogP contribution is -2.11. The summed E-state index contributed by atoms with van der Waals surface area (Å²) in [6, 6.07) is 13.0. The number of carbonyl (C=O) groups excluding carboxylic acids is 1. The third-order valence-corrected chi connectivity index (χ3v) is 5.27. The lowest BCUT2D eigenvalue weighted by atomic mass is 10.0. The average Bonchev–Trinajstić information content (AvgIpc) is 3.23. The van der Waals surface area contributed by atoms with Crippen LogP contribution in [0.15, 0.2) is 47.0 Å². The van der Waals surface area contributed by atoms with E-state index in [4.69, 9.17) is 16.1 Å². The molecule has 4 aromatic rings. The molecule has 0 aliphatic rings. The van der Waals surface area contributed by atoms with Gasteiger partial charge in [-0.3, -0.25) is 10.1 Å². The SMILES string of the molecule is Cc1ccc(-c2cc(C(=O)Nc3nc4ccc(Cl)cc4s3)no2)cc1C. The number of aromatic nitrogens is 2. The molecule has 0 aliphatic carbocycles. The fraction of sp³-hybridized carbons (Fsp3) is 0.105. The molecule has 0 spiro atoms. The van der Waals surface area contributed by atoms with Gasteiger partial charge in [0.2, 0.25) is 0 Å². The zero-order valence-corrected chi connectivity index (χ0v) is 15.6. The molecule has 4 rings (SSSR count). The van der Waals surface area contributed by atoms with E-state index < -0.39 is 0 Å². The highest BCUT2D eigenvalue weighted by atomic mass is 35.5. The molecule has 0 bridgehead atoms. The molecule has 1 N–H and O–H groups in total. The van der Waals surface area contributed by atoms with Crippen molar-refractivity contribution in [3.05, 3.63) is 64.3 Å². The largest absolute Gasteiger partial charge is 0.355 e. The standard InChI is InChI=1S/C19H14ClN3O2S/c1-10-3-4-12(7-11(10)2)16-9-15(23-25-16)18(24)22-19-21-14-6-5-13(20)8-17(14)26-19/h3-9H,1-2H3,(H,21,22,24). The van der Waals surface area contributed by atoms with Crippen LogP contribution >= 0.6 is 22.9 Å². The maximum absolute atomic E-state index is 12.4. The van der Waals surface area contributed by atoms with Crippen LogP contribution in [0.2, 0.25) is 5.02 Å². The van der Waals surface area contributed by atoms with E-state index in [1.807, 2.05) is 44.2 Å². The molecule has 2 aromatic carbocycles. The highest BCUT2D eigenvalue weighted by Gasteiger charge is 2.16. The lowest BCUT2D eigenvalue weighted by Gasteiger charge is -2.01. The molecule has 0 unspecified atom stereocenters. The van der Waals surface area contributed by atoms with Crippen LogP contribution in [0.4, 0.5) is 5.13 Å². The Kier molecular flexibility index (Phi) is 4.22. The van der Waals surface area contributed by atoms with E-state index >= 15 is 0 Å². The molecule has 130 valence electrons. The van der Waals surface area contributed by atoms with Crippen LogP contribution in [0.25, 0.3) is 21.5 Å². The highest BCUT2D eigenvalue weighted by molar-refractivity contribution is 7.22. The number of nitrogens with zero attached hydrogens (tertiary/aromatic N) is 2. The highest BCUT2D eigenvalue weighted by Crippen LogP contribution is 2.29. The fourth-order valence-corrected chi connectivity index (χ4v) is 3.66. The van der Waals surface area contributed by atoms with Gasteiger partial charge in [-0.15, -0.1) is 0 Å². The molecule has 5 nitrogen and oxygen atoms in total. The van der Waals surface area contributed by atoms with Crippen LogP contribution in [0.1, 0.15) is 21.6 Å². The summed E-state index contributed by atoms with van der Waals surface area (Å²) in [5.74, 6) is 0.184. The number of nitrogens with one attached hydrogen (secondary N) is 1. The minimum Gasteiger partial charge on any atom is -0.355 e. The smallest absolute Gasteiger partial charge is 0.279 e. The van der Waals surface area contributed by atoms with Crippen molar-refractivity contribution in [3.8, 4) is 11.3 Å². The number of halogens is 1. The van der Waals surface area contributed by atoms with Gasteiger partial charge >= 0.3 is 0 Å². The number of anilines is 1. The van der Waals surface area contributed by atoms with Gasteiger partial charge < -0.3 is 4.52 Å². The van der Waals surface area contributed by atoms with E-state index in [0.29, 0.717) is 15.9 Å². The fourth-order valence-electron chi connectivity index (χ4n) is 2.53. The van der Waals surface area contributed by atoms with Crippen molar-refractivity contribution in [2.24, 2.45) is 0 Å². The summed E-state index contributed by atoms with van der Waals surface area (Å²) in [4.78, 5) is 16.8. The number of aryl methyl sites for hydroxylation is 2. The third-order valence-electron chi connectivity index (χ3n) is 4.11. The molecule has 0 atom stereocenters.